The molecule has 0 aliphatic carbocycles. The lowest BCUT2D eigenvalue weighted by atomic mass is 10.1. The number of amides is 1. The van der Waals surface area contributed by atoms with Crippen molar-refractivity contribution in [1.82, 2.24) is 9.88 Å². The summed E-state index contributed by atoms with van der Waals surface area (Å²) in [6.45, 7) is 3.56. The standard InChI is InChI=1S/C21H26N2O2/c1-18(11-12-19-8-4-3-5-9-19)16-21(24)23(14-15-25-2)17-20-10-6-7-13-22-20/h3-10,13,16H,11-12,14-15,17H2,1-2H3/b18-16-. The topological polar surface area (TPSA) is 42.4 Å². The highest BCUT2D eigenvalue weighted by Gasteiger charge is 2.12. The second-order valence-electron chi connectivity index (χ2n) is 6.05. The van der Waals surface area contributed by atoms with Gasteiger partial charge in [0, 0.05) is 25.9 Å². The van der Waals surface area contributed by atoms with Crippen LogP contribution in [-0.4, -0.2) is 36.1 Å². The predicted molar refractivity (Wildman–Crippen MR) is 100 cm³/mol. The smallest absolute Gasteiger partial charge is 0.246 e. The van der Waals surface area contributed by atoms with Crippen LogP contribution in [-0.2, 0) is 22.5 Å². The van der Waals surface area contributed by atoms with E-state index >= 15 is 0 Å². The largest absolute Gasteiger partial charge is 0.383 e. The summed E-state index contributed by atoms with van der Waals surface area (Å²) in [5.74, 6) is 0.00765. The SMILES string of the molecule is COCCN(Cc1ccccn1)C(=O)/C=C(/C)CCc1ccccc1. The maximum Gasteiger partial charge on any atom is 0.246 e. The van der Waals surface area contributed by atoms with Gasteiger partial charge in [-0.2, -0.15) is 0 Å². The number of rotatable bonds is 9. The minimum Gasteiger partial charge on any atom is -0.383 e. The molecule has 0 N–H and O–H groups in total. The molecule has 0 spiro atoms. The van der Waals surface area contributed by atoms with E-state index in [9.17, 15) is 4.79 Å². The number of nitrogens with zero attached hydrogens (tertiary/aromatic N) is 2. The number of hydrogen-bond donors (Lipinski definition) is 0. The van der Waals surface area contributed by atoms with Crippen LogP contribution in [0.5, 0.6) is 0 Å². The lowest BCUT2D eigenvalue weighted by Gasteiger charge is -2.21. The maximum absolute atomic E-state index is 12.6. The van der Waals surface area contributed by atoms with Gasteiger partial charge in [0.25, 0.3) is 0 Å². The molecule has 0 fully saturated rings. The van der Waals surface area contributed by atoms with Crippen LogP contribution in [0.3, 0.4) is 0 Å². The third kappa shape index (κ3) is 6.89. The van der Waals surface area contributed by atoms with E-state index < -0.39 is 0 Å². The molecule has 0 saturated heterocycles. The fourth-order valence-corrected chi connectivity index (χ4v) is 2.52. The Labute approximate surface area is 150 Å². The Morgan fingerprint density at radius 1 is 1.16 bits per heavy atom. The zero-order valence-electron chi connectivity index (χ0n) is 15.0. The number of carbonyl (C=O) groups excluding carboxylic acids is 1. The number of carbonyl (C=O) groups is 1. The second kappa shape index (κ2) is 10.4. The normalized spacial score (nSPS) is 11.4. The highest BCUT2D eigenvalue weighted by atomic mass is 16.5. The molecule has 1 aromatic carbocycles. The quantitative estimate of drug-likeness (QED) is 0.656. The number of hydrogen-bond acceptors (Lipinski definition) is 3. The minimum atomic E-state index is 0.00765. The first kappa shape index (κ1) is 18.9. The Bertz CT molecular complexity index is 669. The molecule has 0 bridgehead atoms. The van der Waals surface area contributed by atoms with E-state index in [1.54, 1.807) is 24.3 Å². The molecule has 1 aromatic heterocycles. The lowest BCUT2D eigenvalue weighted by Crippen LogP contribution is -2.32. The van der Waals surface area contributed by atoms with Crippen molar-refractivity contribution < 1.29 is 9.53 Å². The number of pyridine rings is 1. The summed E-state index contributed by atoms with van der Waals surface area (Å²) in [4.78, 5) is 18.7. The Balaban J connectivity index is 1.96. The first-order chi connectivity index (χ1) is 12.2. The van der Waals surface area contributed by atoms with Crippen LogP contribution in [0.15, 0.2) is 66.4 Å². The third-order valence-electron chi connectivity index (χ3n) is 3.98. The molecule has 2 rings (SSSR count). The maximum atomic E-state index is 12.6. The monoisotopic (exact) mass is 338 g/mol. The van der Waals surface area contributed by atoms with Gasteiger partial charge in [-0.05, 0) is 37.5 Å². The van der Waals surface area contributed by atoms with E-state index in [-0.39, 0.29) is 5.91 Å². The summed E-state index contributed by atoms with van der Waals surface area (Å²) in [5, 5.41) is 0. The zero-order chi connectivity index (χ0) is 17.9. The lowest BCUT2D eigenvalue weighted by molar-refractivity contribution is -0.127. The van der Waals surface area contributed by atoms with Gasteiger partial charge in [-0.3, -0.25) is 9.78 Å². The van der Waals surface area contributed by atoms with Crippen molar-refractivity contribution in [2.45, 2.75) is 26.3 Å². The first-order valence-corrected chi connectivity index (χ1v) is 8.58. The molecule has 25 heavy (non-hydrogen) atoms. The number of allylic oxidation sites excluding steroid dienone is 1. The van der Waals surface area contributed by atoms with E-state index in [1.807, 2.05) is 43.3 Å². The molecule has 132 valence electrons. The number of aryl methyl sites for hydroxylation is 1. The van der Waals surface area contributed by atoms with Crippen molar-refractivity contribution in [2.24, 2.45) is 0 Å². The van der Waals surface area contributed by atoms with E-state index in [4.69, 9.17) is 4.74 Å². The van der Waals surface area contributed by atoms with Gasteiger partial charge >= 0.3 is 0 Å². The highest BCUT2D eigenvalue weighted by Crippen LogP contribution is 2.10. The Kier molecular flexibility index (Phi) is 7.86. The fraction of sp³-hybridized carbons (Fsp3) is 0.333. The van der Waals surface area contributed by atoms with Crippen LogP contribution in [0.2, 0.25) is 0 Å². The first-order valence-electron chi connectivity index (χ1n) is 8.58. The predicted octanol–water partition coefficient (Wildman–Crippen LogP) is 3.64. The van der Waals surface area contributed by atoms with Crippen LogP contribution in [0.4, 0.5) is 0 Å². The number of methoxy groups -OCH3 is 1. The Morgan fingerprint density at radius 2 is 1.92 bits per heavy atom. The highest BCUT2D eigenvalue weighted by molar-refractivity contribution is 5.88. The molecule has 0 aliphatic rings. The van der Waals surface area contributed by atoms with Crippen molar-refractivity contribution in [1.29, 1.82) is 0 Å². The number of benzene rings is 1. The molecule has 4 nitrogen and oxygen atoms in total. The van der Waals surface area contributed by atoms with Gasteiger partial charge in [-0.25, -0.2) is 0 Å². The molecule has 1 heterocycles. The van der Waals surface area contributed by atoms with Crippen molar-refractivity contribution in [2.75, 3.05) is 20.3 Å². The Hall–Kier alpha value is -2.46. The summed E-state index contributed by atoms with van der Waals surface area (Å²) in [7, 11) is 1.64. The van der Waals surface area contributed by atoms with Crippen LogP contribution in [0.25, 0.3) is 0 Å². The molecule has 0 radical (unpaired) electrons. The zero-order valence-corrected chi connectivity index (χ0v) is 15.0. The fourth-order valence-electron chi connectivity index (χ4n) is 2.52. The summed E-state index contributed by atoms with van der Waals surface area (Å²) in [6.07, 6.45) is 5.29. The molecule has 4 heteroatoms. The second-order valence-corrected chi connectivity index (χ2v) is 6.05. The van der Waals surface area contributed by atoms with Crippen LogP contribution >= 0.6 is 0 Å². The van der Waals surface area contributed by atoms with Gasteiger partial charge in [0.1, 0.15) is 0 Å². The van der Waals surface area contributed by atoms with Gasteiger partial charge in [-0.15, -0.1) is 0 Å². The van der Waals surface area contributed by atoms with E-state index in [0.29, 0.717) is 19.7 Å². The molecule has 0 atom stereocenters. The summed E-state index contributed by atoms with van der Waals surface area (Å²) in [5.41, 5.74) is 3.24. The summed E-state index contributed by atoms with van der Waals surface area (Å²) < 4.78 is 5.14. The van der Waals surface area contributed by atoms with Gasteiger partial charge in [0.05, 0.1) is 18.8 Å². The van der Waals surface area contributed by atoms with Gasteiger partial charge in [0.2, 0.25) is 5.91 Å². The van der Waals surface area contributed by atoms with Crippen LogP contribution in [0, 0.1) is 0 Å². The molecule has 2 aromatic rings. The summed E-state index contributed by atoms with van der Waals surface area (Å²) in [6, 6.07) is 16.1. The van der Waals surface area contributed by atoms with Gasteiger partial charge < -0.3 is 9.64 Å². The van der Waals surface area contributed by atoms with Crippen LogP contribution < -0.4 is 0 Å². The van der Waals surface area contributed by atoms with Crippen LogP contribution in [0.1, 0.15) is 24.6 Å². The van der Waals surface area contributed by atoms with Crippen molar-refractivity contribution in [3.63, 3.8) is 0 Å². The minimum absolute atomic E-state index is 0.00765. The molecule has 0 unspecified atom stereocenters. The van der Waals surface area contributed by atoms with Gasteiger partial charge in [0.15, 0.2) is 0 Å². The van der Waals surface area contributed by atoms with E-state index in [0.717, 1.165) is 24.1 Å². The van der Waals surface area contributed by atoms with Crippen molar-refractivity contribution >= 4 is 5.91 Å². The molecular weight excluding hydrogens is 312 g/mol. The average molecular weight is 338 g/mol. The molecule has 1 amide bonds. The molecule has 0 saturated carbocycles. The van der Waals surface area contributed by atoms with Crippen molar-refractivity contribution in [3.05, 3.63) is 77.6 Å². The van der Waals surface area contributed by atoms with E-state index in [2.05, 4.69) is 17.1 Å². The number of aromatic nitrogens is 1. The number of ether oxygens (including phenoxy) is 1. The third-order valence-corrected chi connectivity index (χ3v) is 3.98. The Morgan fingerprint density at radius 3 is 2.60 bits per heavy atom. The van der Waals surface area contributed by atoms with E-state index in [1.165, 1.54) is 5.56 Å². The van der Waals surface area contributed by atoms with Gasteiger partial charge in [-0.1, -0.05) is 42.0 Å². The molecule has 0 aliphatic heterocycles. The molecular formula is C21H26N2O2. The average Bonchev–Trinajstić information content (AvgIpc) is 2.65. The summed E-state index contributed by atoms with van der Waals surface area (Å²) >= 11 is 0. The van der Waals surface area contributed by atoms with Crippen molar-refractivity contribution in [3.8, 4) is 0 Å².